The largest absolute Gasteiger partial charge is 0.352 e. The lowest BCUT2D eigenvalue weighted by Crippen LogP contribution is -2.26. The standard InChI is InChI=1S/C12H14N4O/c1-9-2-3-10(8-16-9)12(17)15-5-4-11-13-6-7-14-11/h2-3,6-8H,4-5H2,1H3,(H,13,14)(H,15,17). The third-order valence-electron chi connectivity index (χ3n) is 2.38. The van der Waals surface area contributed by atoms with Crippen LogP contribution in [0.5, 0.6) is 0 Å². The van der Waals surface area contributed by atoms with Gasteiger partial charge in [0.05, 0.1) is 5.56 Å². The molecule has 2 N–H and O–H groups in total. The Morgan fingerprint density at radius 1 is 1.41 bits per heavy atom. The number of imidazole rings is 1. The van der Waals surface area contributed by atoms with Gasteiger partial charge in [0.1, 0.15) is 5.82 Å². The smallest absolute Gasteiger partial charge is 0.252 e. The summed E-state index contributed by atoms with van der Waals surface area (Å²) in [4.78, 5) is 22.8. The summed E-state index contributed by atoms with van der Waals surface area (Å²) in [6.07, 6.45) is 5.73. The quantitative estimate of drug-likeness (QED) is 0.825. The highest BCUT2D eigenvalue weighted by Crippen LogP contribution is 1.99. The van der Waals surface area contributed by atoms with E-state index in [4.69, 9.17) is 0 Å². The Morgan fingerprint density at radius 2 is 2.29 bits per heavy atom. The maximum Gasteiger partial charge on any atom is 0.252 e. The fourth-order valence-electron chi connectivity index (χ4n) is 1.43. The maximum absolute atomic E-state index is 11.7. The number of carbonyl (C=O) groups is 1. The van der Waals surface area contributed by atoms with Crippen molar-refractivity contribution in [1.82, 2.24) is 20.3 Å². The van der Waals surface area contributed by atoms with E-state index in [0.717, 1.165) is 11.5 Å². The summed E-state index contributed by atoms with van der Waals surface area (Å²) in [7, 11) is 0. The lowest BCUT2D eigenvalue weighted by atomic mass is 10.2. The van der Waals surface area contributed by atoms with E-state index in [1.54, 1.807) is 24.7 Å². The number of hydrogen-bond donors (Lipinski definition) is 2. The van der Waals surface area contributed by atoms with Crippen LogP contribution in [0.25, 0.3) is 0 Å². The lowest BCUT2D eigenvalue weighted by molar-refractivity contribution is 0.0953. The highest BCUT2D eigenvalue weighted by Gasteiger charge is 2.04. The maximum atomic E-state index is 11.7. The van der Waals surface area contributed by atoms with Gasteiger partial charge in [-0.3, -0.25) is 9.78 Å². The van der Waals surface area contributed by atoms with E-state index in [-0.39, 0.29) is 5.91 Å². The summed E-state index contributed by atoms with van der Waals surface area (Å²) in [5.74, 6) is 0.761. The molecule has 17 heavy (non-hydrogen) atoms. The summed E-state index contributed by atoms with van der Waals surface area (Å²) < 4.78 is 0. The van der Waals surface area contributed by atoms with Gasteiger partial charge in [0.2, 0.25) is 0 Å². The van der Waals surface area contributed by atoms with Crippen LogP contribution in [-0.4, -0.2) is 27.4 Å². The Bertz CT molecular complexity index is 476. The Balaban J connectivity index is 1.83. The minimum Gasteiger partial charge on any atom is -0.352 e. The van der Waals surface area contributed by atoms with Gasteiger partial charge in [0.25, 0.3) is 5.91 Å². The summed E-state index contributed by atoms with van der Waals surface area (Å²) in [5.41, 5.74) is 1.48. The van der Waals surface area contributed by atoms with Crippen LogP contribution in [0.1, 0.15) is 21.9 Å². The van der Waals surface area contributed by atoms with Crippen molar-refractivity contribution in [2.24, 2.45) is 0 Å². The number of rotatable bonds is 4. The summed E-state index contributed by atoms with van der Waals surface area (Å²) in [6.45, 7) is 2.44. The van der Waals surface area contributed by atoms with Crippen molar-refractivity contribution in [3.63, 3.8) is 0 Å². The molecule has 0 aliphatic carbocycles. The Kier molecular flexibility index (Phi) is 3.49. The molecule has 0 unspecified atom stereocenters. The molecule has 0 saturated carbocycles. The molecular weight excluding hydrogens is 216 g/mol. The molecule has 2 aromatic rings. The molecule has 0 spiro atoms. The van der Waals surface area contributed by atoms with Crippen molar-refractivity contribution < 1.29 is 4.79 Å². The first-order valence-electron chi connectivity index (χ1n) is 5.45. The second kappa shape index (κ2) is 5.25. The van der Waals surface area contributed by atoms with Gasteiger partial charge < -0.3 is 10.3 Å². The van der Waals surface area contributed by atoms with E-state index in [2.05, 4.69) is 20.3 Å². The predicted molar refractivity (Wildman–Crippen MR) is 63.6 cm³/mol. The molecular formula is C12H14N4O. The number of aromatic amines is 1. The third-order valence-corrected chi connectivity index (χ3v) is 2.38. The highest BCUT2D eigenvalue weighted by atomic mass is 16.1. The molecule has 0 radical (unpaired) electrons. The number of nitrogens with one attached hydrogen (secondary N) is 2. The first kappa shape index (κ1) is 11.3. The molecule has 0 atom stereocenters. The molecule has 88 valence electrons. The molecule has 0 aromatic carbocycles. The average molecular weight is 230 g/mol. The summed E-state index contributed by atoms with van der Waals surface area (Å²) in [6, 6.07) is 3.59. The summed E-state index contributed by atoms with van der Waals surface area (Å²) in [5, 5.41) is 2.82. The number of aromatic nitrogens is 3. The number of H-pyrrole nitrogens is 1. The van der Waals surface area contributed by atoms with Crippen molar-refractivity contribution >= 4 is 5.91 Å². The molecule has 1 amide bonds. The average Bonchev–Trinajstić information content (AvgIpc) is 2.83. The van der Waals surface area contributed by atoms with E-state index in [1.807, 2.05) is 13.0 Å². The number of pyridine rings is 1. The Morgan fingerprint density at radius 3 is 2.94 bits per heavy atom. The Labute approximate surface area is 99.3 Å². The van der Waals surface area contributed by atoms with Crippen molar-refractivity contribution in [1.29, 1.82) is 0 Å². The monoisotopic (exact) mass is 230 g/mol. The number of amides is 1. The Hall–Kier alpha value is -2.17. The van der Waals surface area contributed by atoms with Crippen molar-refractivity contribution in [2.45, 2.75) is 13.3 Å². The fraction of sp³-hybridized carbons (Fsp3) is 0.250. The van der Waals surface area contributed by atoms with E-state index < -0.39 is 0 Å². The van der Waals surface area contributed by atoms with Crippen molar-refractivity contribution in [3.8, 4) is 0 Å². The zero-order chi connectivity index (χ0) is 12.1. The van der Waals surface area contributed by atoms with Crippen molar-refractivity contribution in [2.75, 3.05) is 6.54 Å². The third kappa shape index (κ3) is 3.14. The lowest BCUT2D eigenvalue weighted by Gasteiger charge is -2.03. The van der Waals surface area contributed by atoms with Crippen LogP contribution in [0.15, 0.2) is 30.7 Å². The molecule has 0 fully saturated rings. The minimum atomic E-state index is -0.107. The van der Waals surface area contributed by atoms with Gasteiger partial charge in [-0.25, -0.2) is 4.98 Å². The van der Waals surface area contributed by atoms with Crippen LogP contribution in [0, 0.1) is 6.92 Å². The number of hydrogen-bond acceptors (Lipinski definition) is 3. The molecule has 0 bridgehead atoms. The van der Waals surface area contributed by atoms with Crippen LogP contribution < -0.4 is 5.32 Å². The van der Waals surface area contributed by atoms with E-state index in [1.165, 1.54) is 0 Å². The minimum absolute atomic E-state index is 0.107. The fourth-order valence-corrected chi connectivity index (χ4v) is 1.43. The molecule has 5 nitrogen and oxygen atoms in total. The highest BCUT2D eigenvalue weighted by molar-refractivity contribution is 5.93. The van der Waals surface area contributed by atoms with Crippen LogP contribution in [0.3, 0.4) is 0 Å². The first-order valence-corrected chi connectivity index (χ1v) is 5.45. The van der Waals surface area contributed by atoms with Gasteiger partial charge in [-0.05, 0) is 19.1 Å². The zero-order valence-corrected chi connectivity index (χ0v) is 9.60. The topological polar surface area (TPSA) is 70.7 Å². The van der Waals surface area contributed by atoms with Gasteiger partial charge in [-0.15, -0.1) is 0 Å². The van der Waals surface area contributed by atoms with Gasteiger partial charge in [0.15, 0.2) is 0 Å². The van der Waals surface area contributed by atoms with Crippen LogP contribution in [0.2, 0.25) is 0 Å². The molecule has 2 aromatic heterocycles. The molecule has 2 heterocycles. The van der Waals surface area contributed by atoms with E-state index >= 15 is 0 Å². The zero-order valence-electron chi connectivity index (χ0n) is 9.60. The van der Waals surface area contributed by atoms with Crippen LogP contribution >= 0.6 is 0 Å². The van der Waals surface area contributed by atoms with Gasteiger partial charge >= 0.3 is 0 Å². The second-order valence-corrected chi connectivity index (χ2v) is 3.73. The second-order valence-electron chi connectivity index (χ2n) is 3.73. The SMILES string of the molecule is Cc1ccc(C(=O)NCCc2ncc[nH]2)cn1. The van der Waals surface area contributed by atoms with Crippen molar-refractivity contribution in [3.05, 3.63) is 47.8 Å². The van der Waals surface area contributed by atoms with Gasteiger partial charge in [-0.2, -0.15) is 0 Å². The molecule has 0 saturated heterocycles. The number of carbonyl (C=O) groups excluding carboxylic acids is 1. The number of aryl methyl sites for hydroxylation is 1. The molecule has 0 aliphatic rings. The molecule has 5 heteroatoms. The van der Waals surface area contributed by atoms with Gasteiger partial charge in [0, 0.05) is 37.3 Å². The van der Waals surface area contributed by atoms with Crippen LogP contribution in [-0.2, 0) is 6.42 Å². The van der Waals surface area contributed by atoms with Crippen LogP contribution in [0.4, 0.5) is 0 Å². The molecule has 2 rings (SSSR count). The van der Waals surface area contributed by atoms with E-state index in [9.17, 15) is 4.79 Å². The molecule has 0 aliphatic heterocycles. The summed E-state index contributed by atoms with van der Waals surface area (Å²) >= 11 is 0. The number of nitrogens with zero attached hydrogens (tertiary/aromatic N) is 2. The first-order chi connectivity index (χ1) is 8.25. The predicted octanol–water partition coefficient (Wildman–Crippen LogP) is 1.09. The normalized spacial score (nSPS) is 10.2. The van der Waals surface area contributed by atoms with E-state index in [0.29, 0.717) is 18.5 Å². The van der Waals surface area contributed by atoms with Gasteiger partial charge in [-0.1, -0.05) is 0 Å².